The maximum atomic E-state index is 12.2. The van der Waals surface area contributed by atoms with Gasteiger partial charge in [-0.05, 0) is 38.8 Å². The van der Waals surface area contributed by atoms with Crippen LogP contribution in [0.5, 0.6) is 0 Å². The van der Waals surface area contributed by atoms with Crippen LogP contribution in [0.25, 0.3) is 0 Å². The van der Waals surface area contributed by atoms with E-state index in [0.717, 1.165) is 12.8 Å². The largest absolute Gasteiger partial charge is 0.322 e. The summed E-state index contributed by atoms with van der Waals surface area (Å²) in [5.41, 5.74) is 0.498. The van der Waals surface area contributed by atoms with Crippen molar-refractivity contribution < 1.29 is 4.79 Å². The Morgan fingerprint density at radius 3 is 2.35 bits per heavy atom. The molecule has 1 aromatic carbocycles. The number of benzene rings is 1. The molecule has 0 radical (unpaired) electrons. The molecule has 0 spiro atoms. The minimum absolute atomic E-state index is 0.0689. The SMILES string of the molecule is CC1CCCC(C)N1CC(=O)Nc1c(Cl)cccc1Cl. The highest BCUT2D eigenvalue weighted by Crippen LogP contribution is 2.30. The molecular formula is C15H20Cl2N2O. The van der Waals surface area contributed by atoms with Gasteiger partial charge >= 0.3 is 0 Å². The number of nitrogens with one attached hydrogen (secondary N) is 1. The molecule has 0 saturated carbocycles. The van der Waals surface area contributed by atoms with Gasteiger partial charge in [0.15, 0.2) is 0 Å². The number of carbonyl (C=O) groups excluding carboxylic acids is 1. The average Bonchev–Trinajstić information content (AvgIpc) is 2.39. The van der Waals surface area contributed by atoms with Crippen molar-refractivity contribution in [1.82, 2.24) is 4.90 Å². The summed E-state index contributed by atoms with van der Waals surface area (Å²) >= 11 is 12.1. The molecule has 3 nitrogen and oxygen atoms in total. The standard InChI is InChI=1S/C15H20Cl2N2O/c1-10-5-3-6-11(2)19(10)9-14(20)18-15-12(16)7-4-8-13(15)17/h4,7-8,10-11H,3,5-6,9H2,1-2H3,(H,18,20). The fourth-order valence-corrected chi connectivity index (χ4v) is 3.24. The number of likely N-dealkylation sites (tertiary alicyclic amines) is 1. The van der Waals surface area contributed by atoms with E-state index in [0.29, 0.717) is 34.4 Å². The highest BCUT2D eigenvalue weighted by atomic mass is 35.5. The molecule has 2 unspecified atom stereocenters. The van der Waals surface area contributed by atoms with Gasteiger partial charge in [0.25, 0.3) is 0 Å². The predicted molar refractivity (Wildman–Crippen MR) is 84.6 cm³/mol. The first-order valence-corrected chi connectivity index (χ1v) is 7.74. The van der Waals surface area contributed by atoms with Gasteiger partial charge in [-0.15, -0.1) is 0 Å². The second-order valence-corrected chi connectivity index (χ2v) is 6.26. The van der Waals surface area contributed by atoms with Crippen molar-refractivity contribution in [2.45, 2.75) is 45.2 Å². The minimum atomic E-state index is -0.0689. The van der Waals surface area contributed by atoms with Crippen LogP contribution in [-0.2, 0) is 4.79 Å². The molecular weight excluding hydrogens is 295 g/mol. The van der Waals surface area contributed by atoms with E-state index in [9.17, 15) is 4.79 Å². The number of carbonyl (C=O) groups is 1. The Labute approximate surface area is 130 Å². The zero-order chi connectivity index (χ0) is 14.7. The molecule has 2 atom stereocenters. The Hall–Kier alpha value is -0.770. The summed E-state index contributed by atoms with van der Waals surface area (Å²) in [6, 6.07) is 6.07. The quantitative estimate of drug-likeness (QED) is 0.907. The lowest BCUT2D eigenvalue weighted by molar-refractivity contribution is -0.118. The van der Waals surface area contributed by atoms with E-state index < -0.39 is 0 Å². The van der Waals surface area contributed by atoms with E-state index in [1.54, 1.807) is 18.2 Å². The van der Waals surface area contributed by atoms with Crippen LogP contribution in [0.1, 0.15) is 33.1 Å². The van der Waals surface area contributed by atoms with Crippen LogP contribution in [0, 0.1) is 0 Å². The van der Waals surface area contributed by atoms with Gasteiger partial charge in [0.2, 0.25) is 5.91 Å². The summed E-state index contributed by atoms with van der Waals surface area (Å²) < 4.78 is 0. The van der Waals surface area contributed by atoms with Gasteiger partial charge in [-0.1, -0.05) is 35.7 Å². The van der Waals surface area contributed by atoms with Crippen LogP contribution in [0.4, 0.5) is 5.69 Å². The van der Waals surface area contributed by atoms with Gasteiger partial charge in [-0.25, -0.2) is 0 Å². The number of halogens is 2. The maximum absolute atomic E-state index is 12.2. The van der Waals surface area contributed by atoms with Gasteiger partial charge in [-0.2, -0.15) is 0 Å². The summed E-state index contributed by atoms with van der Waals surface area (Å²) in [4.78, 5) is 14.4. The van der Waals surface area contributed by atoms with E-state index in [1.807, 2.05) is 0 Å². The Kier molecular flexibility index (Phi) is 5.30. The lowest BCUT2D eigenvalue weighted by atomic mass is 9.97. The zero-order valence-corrected chi connectivity index (χ0v) is 13.3. The summed E-state index contributed by atoms with van der Waals surface area (Å²) in [6.45, 7) is 4.72. The summed E-state index contributed by atoms with van der Waals surface area (Å²) in [6.07, 6.45) is 3.52. The van der Waals surface area contributed by atoms with Gasteiger partial charge in [0, 0.05) is 12.1 Å². The van der Waals surface area contributed by atoms with Crippen LogP contribution >= 0.6 is 23.2 Å². The van der Waals surface area contributed by atoms with Crippen molar-refractivity contribution in [2.75, 3.05) is 11.9 Å². The normalized spacial score (nSPS) is 23.6. The molecule has 0 aromatic heterocycles. The Bertz CT molecular complexity index is 463. The smallest absolute Gasteiger partial charge is 0.238 e. The van der Waals surface area contributed by atoms with Crippen molar-refractivity contribution in [3.8, 4) is 0 Å². The molecule has 1 amide bonds. The molecule has 0 aliphatic carbocycles. The lowest BCUT2D eigenvalue weighted by Crippen LogP contribution is -2.47. The molecule has 1 aliphatic heterocycles. The number of hydrogen-bond donors (Lipinski definition) is 1. The van der Waals surface area contributed by atoms with Crippen LogP contribution in [-0.4, -0.2) is 29.4 Å². The fourth-order valence-electron chi connectivity index (χ4n) is 2.75. The van der Waals surface area contributed by atoms with Crippen molar-refractivity contribution >= 4 is 34.8 Å². The Morgan fingerprint density at radius 1 is 1.25 bits per heavy atom. The molecule has 5 heteroatoms. The third-order valence-electron chi connectivity index (χ3n) is 3.93. The zero-order valence-electron chi connectivity index (χ0n) is 11.8. The van der Waals surface area contributed by atoms with E-state index in [4.69, 9.17) is 23.2 Å². The first-order valence-electron chi connectivity index (χ1n) is 6.98. The average molecular weight is 315 g/mol. The highest BCUT2D eigenvalue weighted by molar-refractivity contribution is 6.39. The monoisotopic (exact) mass is 314 g/mol. The fraction of sp³-hybridized carbons (Fsp3) is 0.533. The van der Waals surface area contributed by atoms with Crippen LogP contribution in [0.15, 0.2) is 18.2 Å². The molecule has 1 heterocycles. The van der Waals surface area contributed by atoms with E-state index in [-0.39, 0.29) is 5.91 Å². The topological polar surface area (TPSA) is 32.3 Å². The van der Waals surface area contributed by atoms with Crippen molar-refractivity contribution in [2.24, 2.45) is 0 Å². The van der Waals surface area contributed by atoms with Gasteiger partial charge < -0.3 is 5.32 Å². The minimum Gasteiger partial charge on any atom is -0.322 e. The Morgan fingerprint density at radius 2 is 1.80 bits per heavy atom. The first kappa shape index (κ1) is 15.6. The highest BCUT2D eigenvalue weighted by Gasteiger charge is 2.26. The number of para-hydroxylation sites is 1. The molecule has 0 bridgehead atoms. The van der Waals surface area contributed by atoms with Crippen molar-refractivity contribution in [1.29, 1.82) is 0 Å². The number of anilines is 1. The van der Waals surface area contributed by atoms with Gasteiger partial charge in [-0.3, -0.25) is 9.69 Å². The van der Waals surface area contributed by atoms with E-state index >= 15 is 0 Å². The number of nitrogens with zero attached hydrogens (tertiary/aromatic N) is 1. The summed E-state index contributed by atoms with van der Waals surface area (Å²) in [7, 11) is 0. The third-order valence-corrected chi connectivity index (χ3v) is 4.56. The van der Waals surface area contributed by atoms with Crippen LogP contribution in [0.3, 0.4) is 0 Å². The number of hydrogen-bond acceptors (Lipinski definition) is 2. The first-order chi connectivity index (χ1) is 9.49. The summed E-state index contributed by atoms with van der Waals surface area (Å²) in [5, 5.41) is 3.75. The number of amides is 1. The molecule has 20 heavy (non-hydrogen) atoms. The third kappa shape index (κ3) is 3.66. The molecule has 1 fully saturated rings. The van der Waals surface area contributed by atoms with E-state index in [1.165, 1.54) is 6.42 Å². The molecule has 1 saturated heterocycles. The van der Waals surface area contributed by atoms with E-state index in [2.05, 4.69) is 24.1 Å². The van der Waals surface area contributed by atoms with Gasteiger partial charge in [0.05, 0.1) is 22.3 Å². The number of piperidine rings is 1. The Balaban J connectivity index is 2.02. The molecule has 2 rings (SSSR count). The van der Waals surface area contributed by atoms with Crippen LogP contribution < -0.4 is 5.32 Å². The summed E-state index contributed by atoms with van der Waals surface area (Å²) in [5.74, 6) is -0.0689. The predicted octanol–water partition coefficient (Wildman–Crippen LogP) is 4.19. The van der Waals surface area contributed by atoms with Gasteiger partial charge in [0.1, 0.15) is 0 Å². The van der Waals surface area contributed by atoms with Crippen molar-refractivity contribution in [3.63, 3.8) is 0 Å². The molecule has 110 valence electrons. The molecule has 1 aliphatic rings. The lowest BCUT2D eigenvalue weighted by Gasteiger charge is -2.38. The molecule has 1 aromatic rings. The number of rotatable bonds is 3. The maximum Gasteiger partial charge on any atom is 0.238 e. The second-order valence-electron chi connectivity index (χ2n) is 5.45. The second kappa shape index (κ2) is 6.79. The van der Waals surface area contributed by atoms with Crippen LogP contribution in [0.2, 0.25) is 10.0 Å². The van der Waals surface area contributed by atoms with Crippen molar-refractivity contribution in [3.05, 3.63) is 28.2 Å². The molecule has 1 N–H and O–H groups in total.